The molecule has 2 aromatic heterocycles. The maximum Gasteiger partial charge on any atom is 0.276 e. The number of hydrogen-bond acceptors (Lipinski definition) is 5. The summed E-state index contributed by atoms with van der Waals surface area (Å²) in [6.45, 7) is 1.93. The van der Waals surface area contributed by atoms with Gasteiger partial charge in [-0.3, -0.25) is 9.48 Å². The summed E-state index contributed by atoms with van der Waals surface area (Å²) >= 11 is 0. The van der Waals surface area contributed by atoms with E-state index in [-0.39, 0.29) is 18.3 Å². The van der Waals surface area contributed by atoms with Crippen LogP contribution < -0.4 is 15.4 Å². The Bertz CT molecular complexity index is 910. The normalized spacial score (nSPS) is 16.1. The number of anilines is 1. The standard InChI is InChI=1S/C20H21N5O2.ClH/c26-20(18-9-12-25(24-18)16-6-4-10-21-14-16)23-15-5-3-7-17(13-15)27-19-8-1-2-11-22-19;/h1-3,5,7-9,11-13,16,21H,4,6,10,14H2,(H,23,26);1H. The molecule has 4 rings (SSSR count). The van der Waals surface area contributed by atoms with Crippen LogP contribution in [0.4, 0.5) is 5.69 Å². The fourth-order valence-electron chi connectivity index (χ4n) is 3.08. The van der Waals surface area contributed by atoms with Crippen LogP contribution in [0.2, 0.25) is 0 Å². The smallest absolute Gasteiger partial charge is 0.276 e. The Morgan fingerprint density at radius 3 is 2.93 bits per heavy atom. The molecule has 1 atom stereocenters. The van der Waals surface area contributed by atoms with Crippen LogP contribution in [0.25, 0.3) is 0 Å². The molecule has 1 aliphatic rings. The van der Waals surface area contributed by atoms with E-state index < -0.39 is 0 Å². The van der Waals surface area contributed by atoms with Crippen molar-refractivity contribution in [1.29, 1.82) is 0 Å². The number of rotatable bonds is 5. The third-order valence-electron chi connectivity index (χ3n) is 4.44. The first-order valence-electron chi connectivity index (χ1n) is 9.04. The Balaban J connectivity index is 0.00000225. The number of aromatic nitrogens is 3. The van der Waals surface area contributed by atoms with Crippen molar-refractivity contribution >= 4 is 24.0 Å². The first-order valence-corrected chi connectivity index (χ1v) is 9.04. The summed E-state index contributed by atoms with van der Waals surface area (Å²) in [5.74, 6) is 0.860. The Hall–Kier alpha value is -2.90. The summed E-state index contributed by atoms with van der Waals surface area (Å²) in [5.41, 5.74) is 1.04. The molecule has 0 aliphatic carbocycles. The number of halogens is 1. The Kier molecular flexibility index (Phi) is 6.62. The number of nitrogens with zero attached hydrogens (tertiary/aromatic N) is 3. The van der Waals surface area contributed by atoms with Crippen LogP contribution in [0.5, 0.6) is 11.6 Å². The van der Waals surface area contributed by atoms with E-state index in [1.807, 2.05) is 41.2 Å². The van der Waals surface area contributed by atoms with Gasteiger partial charge in [-0.25, -0.2) is 4.98 Å². The van der Waals surface area contributed by atoms with Gasteiger partial charge in [0, 0.05) is 36.8 Å². The summed E-state index contributed by atoms with van der Waals surface area (Å²) in [5, 5.41) is 10.7. The van der Waals surface area contributed by atoms with Crippen molar-refractivity contribution < 1.29 is 9.53 Å². The SMILES string of the molecule is Cl.O=C(Nc1cccc(Oc2ccccn2)c1)c1ccn(C2CCCNC2)n1. The molecule has 1 fully saturated rings. The van der Waals surface area contributed by atoms with Gasteiger partial charge in [-0.15, -0.1) is 12.4 Å². The van der Waals surface area contributed by atoms with Crippen LogP contribution in [0, 0.1) is 0 Å². The molecule has 146 valence electrons. The molecule has 1 amide bonds. The summed E-state index contributed by atoms with van der Waals surface area (Å²) < 4.78 is 7.58. The van der Waals surface area contributed by atoms with Gasteiger partial charge in [-0.2, -0.15) is 5.10 Å². The van der Waals surface area contributed by atoms with Crippen LogP contribution in [-0.4, -0.2) is 33.8 Å². The quantitative estimate of drug-likeness (QED) is 0.684. The Labute approximate surface area is 169 Å². The number of amides is 1. The number of nitrogens with one attached hydrogen (secondary N) is 2. The van der Waals surface area contributed by atoms with Gasteiger partial charge in [-0.1, -0.05) is 12.1 Å². The largest absolute Gasteiger partial charge is 0.439 e. The minimum Gasteiger partial charge on any atom is -0.439 e. The predicted molar refractivity (Wildman–Crippen MR) is 109 cm³/mol. The summed E-state index contributed by atoms with van der Waals surface area (Å²) in [7, 11) is 0. The Morgan fingerprint density at radius 2 is 2.14 bits per heavy atom. The maximum atomic E-state index is 12.5. The molecule has 0 saturated carbocycles. The minimum atomic E-state index is -0.243. The third-order valence-corrected chi connectivity index (χ3v) is 4.44. The van der Waals surface area contributed by atoms with Crippen molar-refractivity contribution in [3.63, 3.8) is 0 Å². The van der Waals surface area contributed by atoms with E-state index in [0.29, 0.717) is 29.1 Å². The van der Waals surface area contributed by atoms with Crippen molar-refractivity contribution in [2.24, 2.45) is 0 Å². The van der Waals surface area contributed by atoms with Crippen LogP contribution in [0.15, 0.2) is 60.9 Å². The van der Waals surface area contributed by atoms with Crippen molar-refractivity contribution in [2.45, 2.75) is 18.9 Å². The predicted octanol–water partition coefficient (Wildman–Crippen LogP) is 3.67. The highest BCUT2D eigenvalue weighted by Crippen LogP contribution is 2.23. The van der Waals surface area contributed by atoms with Crippen molar-refractivity contribution in [3.8, 4) is 11.6 Å². The highest BCUT2D eigenvalue weighted by atomic mass is 35.5. The summed E-state index contributed by atoms with van der Waals surface area (Å²) in [6.07, 6.45) is 5.73. The summed E-state index contributed by atoms with van der Waals surface area (Å²) in [6, 6.07) is 14.7. The molecule has 8 heteroatoms. The first kappa shape index (κ1) is 19.9. The fourth-order valence-corrected chi connectivity index (χ4v) is 3.08. The van der Waals surface area contributed by atoms with Gasteiger partial charge in [0.05, 0.1) is 6.04 Å². The summed E-state index contributed by atoms with van der Waals surface area (Å²) in [4.78, 5) is 16.7. The Morgan fingerprint density at radius 1 is 1.21 bits per heavy atom. The number of carbonyl (C=O) groups excluding carboxylic acids is 1. The fraction of sp³-hybridized carbons (Fsp3) is 0.250. The molecule has 1 aromatic carbocycles. The molecule has 1 aliphatic heterocycles. The number of benzene rings is 1. The minimum absolute atomic E-state index is 0. The van der Waals surface area contributed by atoms with E-state index in [9.17, 15) is 4.79 Å². The molecule has 0 spiro atoms. The lowest BCUT2D eigenvalue weighted by Crippen LogP contribution is -2.32. The molecule has 1 unspecified atom stereocenters. The van der Waals surface area contributed by atoms with E-state index in [4.69, 9.17) is 4.74 Å². The van der Waals surface area contributed by atoms with E-state index in [2.05, 4.69) is 20.7 Å². The molecule has 7 nitrogen and oxygen atoms in total. The monoisotopic (exact) mass is 399 g/mol. The first-order chi connectivity index (χ1) is 13.3. The number of carbonyl (C=O) groups is 1. The lowest BCUT2D eigenvalue weighted by Gasteiger charge is -2.22. The average molecular weight is 400 g/mol. The zero-order valence-corrected chi connectivity index (χ0v) is 16.1. The average Bonchev–Trinajstić information content (AvgIpc) is 3.20. The van der Waals surface area contributed by atoms with Gasteiger partial charge >= 0.3 is 0 Å². The van der Waals surface area contributed by atoms with Crippen LogP contribution in [0.1, 0.15) is 29.4 Å². The topological polar surface area (TPSA) is 81.1 Å². The van der Waals surface area contributed by atoms with Gasteiger partial charge in [0.2, 0.25) is 5.88 Å². The van der Waals surface area contributed by atoms with E-state index in [1.165, 1.54) is 0 Å². The lowest BCUT2D eigenvalue weighted by atomic mass is 10.1. The molecule has 0 radical (unpaired) electrons. The zero-order chi connectivity index (χ0) is 18.5. The number of piperidine rings is 1. The molecular formula is C20H22ClN5O2. The number of hydrogen-bond donors (Lipinski definition) is 2. The number of ether oxygens (including phenoxy) is 1. The third kappa shape index (κ3) is 4.88. The molecule has 3 aromatic rings. The van der Waals surface area contributed by atoms with Crippen LogP contribution in [0.3, 0.4) is 0 Å². The molecule has 28 heavy (non-hydrogen) atoms. The molecule has 2 N–H and O–H groups in total. The van der Waals surface area contributed by atoms with Crippen molar-refractivity contribution in [3.05, 3.63) is 66.6 Å². The second-order valence-corrected chi connectivity index (χ2v) is 6.43. The van der Waals surface area contributed by atoms with E-state index in [1.54, 1.807) is 24.4 Å². The van der Waals surface area contributed by atoms with E-state index in [0.717, 1.165) is 25.9 Å². The van der Waals surface area contributed by atoms with Crippen LogP contribution in [-0.2, 0) is 0 Å². The number of pyridine rings is 1. The molecule has 0 bridgehead atoms. The van der Waals surface area contributed by atoms with Gasteiger partial charge in [0.1, 0.15) is 5.75 Å². The van der Waals surface area contributed by atoms with Gasteiger partial charge in [-0.05, 0) is 43.7 Å². The van der Waals surface area contributed by atoms with Gasteiger partial charge in [0.25, 0.3) is 5.91 Å². The second-order valence-electron chi connectivity index (χ2n) is 6.43. The van der Waals surface area contributed by atoms with Crippen molar-refractivity contribution in [2.75, 3.05) is 18.4 Å². The van der Waals surface area contributed by atoms with Gasteiger partial charge in [0.15, 0.2) is 5.69 Å². The second kappa shape index (κ2) is 9.34. The van der Waals surface area contributed by atoms with Gasteiger partial charge < -0.3 is 15.4 Å². The highest BCUT2D eigenvalue weighted by Gasteiger charge is 2.17. The molecular weight excluding hydrogens is 378 g/mol. The molecule has 1 saturated heterocycles. The van der Waals surface area contributed by atoms with Crippen molar-refractivity contribution in [1.82, 2.24) is 20.1 Å². The van der Waals surface area contributed by atoms with E-state index >= 15 is 0 Å². The molecule has 3 heterocycles. The zero-order valence-electron chi connectivity index (χ0n) is 15.2. The lowest BCUT2D eigenvalue weighted by molar-refractivity contribution is 0.102. The highest BCUT2D eigenvalue weighted by molar-refractivity contribution is 6.02. The maximum absolute atomic E-state index is 12.5. The van der Waals surface area contributed by atoms with Crippen LogP contribution >= 0.6 is 12.4 Å².